The van der Waals surface area contributed by atoms with Gasteiger partial charge in [-0.15, -0.1) is 0 Å². The van der Waals surface area contributed by atoms with Crippen LogP contribution in [0, 0.1) is 0 Å². The van der Waals surface area contributed by atoms with Crippen LogP contribution in [-0.2, 0) is 6.42 Å². The standard InChI is InChI=1S/C10H16N4O2/c1-14(2)10(15)12-7-5-8-4-6-11-9(13-8)16-3/h4,6H,5,7H2,1-3H3,(H,12,15). The summed E-state index contributed by atoms with van der Waals surface area (Å²) in [6, 6.07) is 2.03. The number of hydrogen-bond donors (Lipinski definition) is 1. The molecule has 16 heavy (non-hydrogen) atoms. The van der Waals surface area contributed by atoms with Gasteiger partial charge in [-0.1, -0.05) is 0 Å². The van der Waals surface area contributed by atoms with Gasteiger partial charge in [0, 0.05) is 39.0 Å². The number of methoxy groups -OCH3 is 1. The van der Waals surface area contributed by atoms with Crippen LogP contribution in [0.15, 0.2) is 12.3 Å². The topological polar surface area (TPSA) is 67.3 Å². The number of carbonyl (C=O) groups is 1. The van der Waals surface area contributed by atoms with Crippen molar-refractivity contribution in [1.82, 2.24) is 20.2 Å². The number of ether oxygens (including phenoxy) is 1. The normalized spacial score (nSPS) is 9.69. The van der Waals surface area contributed by atoms with E-state index in [1.807, 2.05) is 0 Å². The van der Waals surface area contributed by atoms with Crippen LogP contribution in [-0.4, -0.2) is 48.6 Å². The second kappa shape index (κ2) is 5.89. The van der Waals surface area contributed by atoms with Crippen LogP contribution >= 0.6 is 0 Å². The molecule has 0 atom stereocenters. The van der Waals surface area contributed by atoms with Gasteiger partial charge in [0.15, 0.2) is 0 Å². The molecule has 0 aliphatic rings. The molecule has 0 saturated carbocycles. The number of hydrogen-bond acceptors (Lipinski definition) is 4. The molecule has 88 valence electrons. The minimum Gasteiger partial charge on any atom is -0.467 e. The van der Waals surface area contributed by atoms with Gasteiger partial charge in [0.2, 0.25) is 0 Å². The lowest BCUT2D eigenvalue weighted by atomic mass is 10.3. The molecular formula is C10H16N4O2. The maximum Gasteiger partial charge on any atom is 0.316 e. The number of urea groups is 1. The van der Waals surface area contributed by atoms with Crippen molar-refractivity contribution in [3.8, 4) is 6.01 Å². The molecule has 0 saturated heterocycles. The quantitative estimate of drug-likeness (QED) is 0.798. The Hall–Kier alpha value is -1.85. The van der Waals surface area contributed by atoms with Gasteiger partial charge in [-0.25, -0.2) is 14.8 Å². The molecule has 0 unspecified atom stereocenters. The van der Waals surface area contributed by atoms with Crippen LogP contribution in [0.2, 0.25) is 0 Å². The Kier molecular flexibility index (Phi) is 4.50. The van der Waals surface area contributed by atoms with Crippen molar-refractivity contribution in [2.45, 2.75) is 6.42 Å². The van der Waals surface area contributed by atoms with E-state index in [1.54, 1.807) is 26.4 Å². The molecule has 0 aliphatic heterocycles. The van der Waals surface area contributed by atoms with E-state index in [9.17, 15) is 4.79 Å². The third-order valence-electron chi connectivity index (χ3n) is 1.94. The molecule has 0 fully saturated rings. The molecule has 1 rings (SSSR count). The van der Waals surface area contributed by atoms with Crippen LogP contribution in [0.4, 0.5) is 4.79 Å². The van der Waals surface area contributed by atoms with Gasteiger partial charge in [0.05, 0.1) is 7.11 Å². The smallest absolute Gasteiger partial charge is 0.316 e. The van der Waals surface area contributed by atoms with Crippen LogP contribution in [0.3, 0.4) is 0 Å². The molecule has 0 bridgehead atoms. The monoisotopic (exact) mass is 224 g/mol. The summed E-state index contributed by atoms with van der Waals surface area (Å²) in [5, 5.41) is 2.75. The van der Waals surface area contributed by atoms with Crippen LogP contribution in [0.1, 0.15) is 5.69 Å². The van der Waals surface area contributed by atoms with E-state index in [4.69, 9.17) is 4.74 Å². The molecule has 0 spiro atoms. The summed E-state index contributed by atoms with van der Waals surface area (Å²) in [6.07, 6.45) is 2.29. The molecule has 1 aromatic rings. The summed E-state index contributed by atoms with van der Waals surface area (Å²) < 4.78 is 4.90. The highest BCUT2D eigenvalue weighted by molar-refractivity contribution is 5.73. The molecule has 0 aliphatic carbocycles. The minimum absolute atomic E-state index is 0.110. The first-order chi connectivity index (χ1) is 7.63. The van der Waals surface area contributed by atoms with Gasteiger partial charge in [0.1, 0.15) is 0 Å². The summed E-state index contributed by atoms with van der Waals surface area (Å²) in [5.74, 6) is 0. The molecule has 6 nitrogen and oxygen atoms in total. The Bertz CT molecular complexity index is 354. The van der Waals surface area contributed by atoms with E-state index in [1.165, 1.54) is 12.0 Å². The summed E-state index contributed by atoms with van der Waals surface area (Å²) >= 11 is 0. The fourth-order valence-corrected chi connectivity index (χ4v) is 1.07. The lowest BCUT2D eigenvalue weighted by Gasteiger charge is -2.11. The van der Waals surface area contributed by atoms with E-state index in [0.29, 0.717) is 19.0 Å². The number of carbonyl (C=O) groups excluding carboxylic acids is 1. The zero-order chi connectivity index (χ0) is 12.0. The number of aromatic nitrogens is 2. The molecule has 1 heterocycles. The van der Waals surface area contributed by atoms with E-state index < -0.39 is 0 Å². The summed E-state index contributed by atoms with van der Waals surface area (Å²) in [4.78, 5) is 20.7. The van der Waals surface area contributed by atoms with Crippen molar-refractivity contribution >= 4 is 6.03 Å². The summed E-state index contributed by atoms with van der Waals surface area (Å²) in [7, 11) is 4.92. The molecule has 0 aromatic carbocycles. The summed E-state index contributed by atoms with van der Waals surface area (Å²) in [5.41, 5.74) is 0.839. The molecule has 2 amide bonds. The van der Waals surface area contributed by atoms with Gasteiger partial charge in [-0.05, 0) is 6.07 Å². The second-order valence-corrected chi connectivity index (χ2v) is 3.41. The highest BCUT2D eigenvalue weighted by Crippen LogP contribution is 2.01. The van der Waals surface area contributed by atoms with Crippen molar-refractivity contribution in [1.29, 1.82) is 0 Å². The average Bonchev–Trinajstić information content (AvgIpc) is 2.29. The molecule has 1 aromatic heterocycles. The molecule has 6 heteroatoms. The van der Waals surface area contributed by atoms with Crippen LogP contribution in [0.5, 0.6) is 6.01 Å². The van der Waals surface area contributed by atoms with Gasteiger partial charge >= 0.3 is 12.0 Å². The predicted molar refractivity (Wildman–Crippen MR) is 59.4 cm³/mol. The third kappa shape index (κ3) is 3.72. The lowest BCUT2D eigenvalue weighted by Crippen LogP contribution is -2.35. The first-order valence-corrected chi connectivity index (χ1v) is 4.94. The Labute approximate surface area is 94.6 Å². The van der Waals surface area contributed by atoms with E-state index in [-0.39, 0.29) is 6.03 Å². The largest absolute Gasteiger partial charge is 0.467 e. The van der Waals surface area contributed by atoms with Crippen molar-refractivity contribution in [3.63, 3.8) is 0 Å². The fourth-order valence-electron chi connectivity index (χ4n) is 1.07. The van der Waals surface area contributed by atoms with Crippen LogP contribution < -0.4 is 10.1 Å². The average molecular weight is 224 g/mol. The fraction of sp³-hybridized carbons (Fsp3) is 0.500. The lowest BCUT2D eigenvalue weighted by molar-refractivity contribution is 0.217. The Morgan fingerprint density at radius 1 is 1.56 bits per heavy atom. The SMILES string of the molecule is COc1nccc(CCNC(=O)N(C)C)n1. The minimum atomic E-state index is -0.110. The number of nitrogens with one attached hydrogen (secondary N) is 1. The molecule has 0 radical (unpaired) electrons. The van der Waals surface area contributed by atoms with Crippen LogP contribution in [0.25, 0.3) is 0 Å². The number of amides is 2. The second-order valence-electron chi connectivity index (χ2n) is 3.41. The van der Waals surface area contributed by atoms with Crippen molar-refractivity contribution < 1.29 is 9.53 Å². The zero-order valence-electron chi connectivity index (χ0n) is 9.73. The molecular weight excluding hydrogens is 208 g/mol. The van der Waals surface area contributed by atoms with Crippen molar-refractivity contribution in [2.75, 3.05) is 27.7 Å². The van der Waals surface area contributed by atoms with Gasteiger partial charge in [-0.3, -0.25) is 0 Å². The maximum absolute atomic E-state index is 11.2. The highest BCUT2D eigenvalue weighted by atomic mass is 16.5. The summed E-state index contributed by atoms with van der Waals surface area (Å²) in [6.45, 7) is 0.539. The van der Waals surface area contributed by atoms with E-state index >= 15 is 0 Å². The first-order valence-electron chi connectivity index (χ1n) is 4.94. The van der Waals surface area contributed by atoms with E-state index in [2.05, 4.69) is 15.3 Å². The predicted octanol–water partition coefficient (Wildman–Crippen LogP) is 0.299. The molecule has 1 N–H and O–H groups in total. The number of rotatable bonds is 4. The van der Waals surface area contributed by atoms with Gasteiger partial charge < -0.3 is 15.0 Å². The maximum atomic E-state index is 11.2. The zero-order valence-corrected chi connectivity index (χ0v) is 9.73. The number of nitrogens with zero attached hydrogens (tertiary/aromatic N) is 3. The Morgan fingerprint density at radius 3 is 2.94 bits per heavy atom. The highest BCUT2D eigenvalue weighted by Gasteiger charge is 2.03. The van der Waals surface area contributed by atoms with Gasteiger partial charge in [0.25, 0.3) is 0 Å². The van der Waals surface area contributed by atoms with Crippen molar-refractivity contribution in [3.05, 3.63) is 18.0 Å². The third-order valence-corrected chi connectivity index (χ3v) is 1.94. The van der Waals surface area contributed by atoms with E-state index in [0.717, 1.165) is 5.69 Å². The first kappa shape index (κ1) is 12.2. The van der Waals surface area contributed by atoms with Gasteiger partial charge in [-0.2, -0.15) is 0 Å². The van der Waals surface area contributed by atoms with Crippen molar-refractivity contribution in [2.24, 2.45) is 0 Å². The Balaban J connectivity index is 2.40. The Morgan fingerprint density at radius 2 is 2.31 bits per heavy atom.